The van der Waals surface area contributed by atoms with Crippen molar-refractivity contribution in [2.24, 2.45) is 0 Å². The summed E-state index contributed by atoms with van der Waals surface area (Å²) in [4.78, 5) is 30.0. The summed E-state index contributed by atoms with van der Waals surface area (Å²) in [6.45, 7) is 6.36. The number of benzene rings is 6. The van der Waals surface area contributed by atoms with Crippen LogP contribution in [0.1, 0.15) is 67.9 Å². The third-order valence-electron chi connectivity index (χ3n) is 10.7. The van der Waals surface area contributed by atoms with Gasteiger partial charge in [-0.05, 0) is 77.0 Å². The van der Waals surface area contributed by atoms with Crippen molar-refractivity contribution in [1.29, 1.82) is 0 Å². The summed E-state index contributed by atoms with van der Waals surface area (Å²) < 4.78 is 13.7. The van der Waals surface area contributed by atoms with Crippen LogP contribution in [0.25, 0.3) is 28.0 Å². The Hall–Kier alpha value is -5.46. The van der Waals surface area contributed by atoms with E-state index in [9.17, 15) is 9.59 Å². The third-order valence-corrected chi connectivity index (χ3v) is 11.2. The molecule has 1 unspecified atom stereocenters. The van der Waals surface area contributed by atoms with Gasteiger partial charge in [-0.3, -0.25) is 9.59 Å². The molecule has 2 aliphatic heterocycles. The number of hydrogen-bond donors (Lipinski definition) is 0. The van der Waals surface area contributed by atoms with Crippen LogP contribution in [0.5, 0.6) is 11.5 Å². The zero-order valence-corrected chi connectivity index (χ0v) is 29.6. The molecule has 6 heteroatoms. The van der Waals surface area contributed by atoms with Gasteiger partial charge in [0.2, 0.25) is 0 Å². The van der Waals surface area contributed by atoms with E-state index in [4.69, 9.17) is 9.47 Å². The minimum Gasteiger partial charge on any atom is -0.497 e. The second-order valence-electron chi connectivity index (χ2n) is 13.7. The predicted octanol–water partition coefficient (Wildman–Crippen LogP) is 10.4. The zero-order chi connectivity index (χ0) is 34.5. The molecule has 0 aromatic heterocycles. The first-order chi connectivity index (χ1) is 24.2. The Morgan fingerprint density at radius 3 is 2.06 bits per heavy atom. The first-order valence-corrected chi connectivity index (χ1v) is 17.5. The van der Waals surface area contributed by atoms with Crippen LogP contribution in [-0.4, -0.2) is 18.9 Å². The Labute approximate surface area is 298 Å². The molecule has 6 aromatic rings. The summed E-state index contributed by atoms with van der Waals surface area (Å²) in [7, 11) is 1.67. The first-order valence-electron chi connectivity index (χ1n) is 16.7. The lowest BCUT2D eigenvalue weighted by Gasteiger charge is -2.38. The van der Waals surface area contributed by atoms with Gasteiger partial charge in [-0.2, -0.15) is 0 Å². The fourth-order valence-corrected chi connectivity index (χ4v) is 8.60. The Bertz CT molecular complexity index is 2460. The van der Waals surface area contributed by atoms with E-state index in [1.165, 1.54) is 4.90 Å². The summed E-state index contributed by atoms with van der Waals surface area (Å²) in [5.41, 5.74) is 7.78. The van der Waals surface area contributed by atoms with Crippen molar-refractivity contribution >= 4 is 50.3 Å². The normalized spacial score (nSPS) is 18.1. The third kappa shape index (κ3) is 4.06. The van der Waals surface area contributed by atoms with Crippen molar-refractivity contribution < 1.29 is 19.1 Å². The topological polar surface area (TPSA) is 55.8 Å². The van der Waals surface area contributed by atoms with Gasteiger partial charge in [-0.15, -0.1) is 0 Å². The number of anilines is 1. The van der Waals surface area contributed by atoms with Gasteiger partial charge < -0.3 is 9.47 Å². The SMILES string of the molecule is COc1ccc(C2(c3ccccc3)C=Cc3c4c(c5ccccc5c3O2)-c2c(cc(C)c3c2C(=O)N(c2ccc(Br)cc2)C3=O)C4(C)C)cc1. The van der Waals surface area contributed by atoms with Crippen LogP contribution < -0.4 is 14.4 Å². The standard InChI is InChI=1S/C44H32BrNO4/c1-25-24-34-37(38-35(25)41(47)46(42(38)48)29-18-16-28(45)17-19-29)36-31-12-8-9-13-32(31)40-33(39(36)43(34,2)3)22-23-44(50-40,26-10-6-5-7-11-26)27-14-20-30(49-4)21-15-27/h5-24H,1-4H3. The van der Waals surface area contributed by atoms with E-state index in [-0.39, 0.29) is 11.8 Å². The van der Waals surface area contributed by atoms with Gasteiger partial charge in [0.1, 0.15) is 11.5 Å². The average Bonchev–Trinajstić information content (AvgIpc) is 3.54. The molecule has 5 nitrogen and oxygen atoms in total. The maximum absolute atomic E-state index is 14.5. The van der Waals surface area contributed by atoms with Gasteiger partial charge in [0.25, 0.3) is 11.8 Å². The molecule has 0 bridgehead atoms. The molecule has 0 spiro atoms. The first kappa shape index (κ1) is 30.6. The second kappa shape index (κ2) is 10.8. The van der Waals surface area contributed by atoms with E-state index in [0.29, 0.717) is 16.8 Å². The minimum atomic E-state index is -0.904. The van der Waals surface area contributed by atoms with Crippen molar-refractivity contribution in [1.82, 2.24) is 0 Å². The van der Waals surface area contributed by atoms with E-state index in [1.54, 1.807) is 19.2 Å². The highest BCUT2D eigenvalue weighted by atomic mass is 79.9. The number of nitrogens with zero attached hydrogens (tertiary/aromatic N) is 1. The van der Waals surface area contributed by atoms with E-state index >= 15 is 0 Å². The van der Waals surface area contributed by atoms with Gasteiger partial charge >= 0.3 is 0 Å². The molecular formula is C44H32BrNO4. The van der Waals surface area contributed by atoms with Crippen molar-refractivity contribution in [3.63, 3.8) is 0 Å². The average molecular weight is 719 g/mol. The Morgan fingerprint density at radius 1 is 0.720 bits per heavy atom. The number of ether oxygens (including phenoxy) is 2. The summed E-state index contributed by atoms with van der Waals surface area (Å²) >= 11 is 3.48. The number of amides is 2. The van der Waals surface area contributed by atoms with Crippen LogP contribution in [-0.2, 0) is 11.0 Å². The highest BCUT2D eigenvalue weighted by Crippen LogP contribution is 2.60. The molecule has 0 fully saturated rings. The monoisotopic (exact) mass is 717 g/mol. The van der Waals surface area contributed by atoms with E-state index in [1.807, 2.05) is 61.5 Å². The molecule has 2 amide bonds. The predicted molar refractivity (Wildman–Crippen MR) is 201 cm³/mol. The number of halogens is 1. The Morgan fingerprint density at radius 2 is 1.36 bits per heavy atom. The molecule has 0 saturated carbocycles. The van der Waals surface area contributed by atoms with Crippen molar-refractivity contribution in [3.05, 3.63) is 164 Å². The molecule has 0 N–H and O–H groups in total. The van der Waals surface area contributed by atoms with Crippen LogP contribution in [0, 0.1) is 6.92 Å². The summed E-state index contributed by atoms with van der Waals surface area (Å²) in [6.07, 6.45) is 4.35. The number of rotatable bonds is 4. The van der Waals surface area contributed by atoms with Crippen molar-refractivity contribution in [2.45, 2.75) is 31.8 Å². The fourth-order valence-electron chi connectivity index (χ4n) is 8.34. The molecule has 9 rings (SSSR count). The second-order valence-corrected chi connectivity index (χ2v) is 14.6. The maximum Gasteiger partial charge on any atom is 0.266 e. The highest BCUT2D eigenvalue weighted by Gasteiger charge is 2.49. The molecule has 6 aromatic carbocycles. The minimum absolute atomic E-state index is 0.295. The van der Waals surface area contributed by atoms with Crippen molar-refractivity contribution in [2.75, 3.05) is 12.0 Å². The Balaban J connectivity index is 1.32. The van der Waals surface area contributed by atoms with Gasteiger partial charge in [-0.1, -0.05) is 109 Å². The Kier molecular flexibility index (Phi) is 6.59. The number of imide groups is 1. The number of hydrogen-bond acceptors (Lipinski definition) is 4. The van der Waals surface area contributed by atoms with E-state index in [2.05, 4.69) is 84.4 Å². The van der Waals surface area contributed by atoms with Crippen molar-refractivity contribution in [3.8, 4) is 22.6 Å². The van der Waals surface area contributed by atoms with Gasteiger partial charge in [0, 0.05) is 37.5 Å². The lowest BCUT2D eigenvalue weighted by Crippen LogP contribution is -2.35. The molecule has 0 radical (unpaired) electrons. The van der Waals surface area contributed by atoms with Crippen LogP contribution >= 0.6 is 15.9 Å². The highest BCUT2D eigenvalue weighted by molar-refractivity contribution is 9.10. The number of aryl methyl sites for hydroxylation is 1. The number of fused-ring (bicyclic) bond motifs is 10. The molecule has 0 saturated heterocycles. The van der Waals surface area contributed by atoms with Crippen LogP contribution in [0.15, 0.2) is 120 Å². The van der Waals surface area contributed by atoms with Gasteiger partial charge in [0.15, 0.2) is 5.60 Å². The molecule has 244 valence electrons. The lowest BCUT2D eigenvalue weighted by atomic mass is 9.76. The summed E-state index contributed by atoms with van der Waals surface area (Å²) in [5, 5.41) is 1.92. The number of carbonyl (C=O) groups excluding carboxylic acids is 2. The molecule has 2 heterocycles. The summed E-state index contributed by atoms with van der Waals surface area (Å²) in [6, 6.07) is 36.0. The molecule has 3 aliphatic rings. The van der Waals surface area contributed by atoms with E-state index < -0.39 is 11.0 Å². The summed E-state index contributed by atoms with van der Waals surface area (Å²) in [5.74, 6) is 0.966. The largest absolute Gasteiger partial charge is 0.497 e. The molecule has 1 aliphatic carbocycles. The molecule has 50 heavy (non-hydrogen) atoms. The molecule has 1 atom stereocenters. The van der Waals surface area contributed by atoms with E-state index in [0.717, 1.165) is 71.3 Å². The van der Waals surface area contributed by atoms with Crippen LogP contribution in [0.3, 0.4) is 0 Å². The number of carbonyl (C=O) groups is 2. The number of methoxy groups -OCH3 is 1. The van der Waals surface area contributed by atoms with Crippen LogP contribution in [0.4, 0.5) is 5.69 Å². The maximum atomic E-state index is 14.5. The quantitative estimate of drug-likeness (QED) is 0.170. The van der Waals surface area contributed by atoms with Gasteiger partial charge in [0.05, 0.1) is 23.9 Å². The zero-order valence-electron chi connectivity index (χ0n) is 28.0. The fraction of sp³-hybridized carbons (Fsp3) is 0.136. The van der Waals surface area contributed by atoms with Gasteiger partial charge in [-0.25, -0.2) is 4.90 Å². The van der Waals surface area contributed by atoms with Crippen LogP contribution in [0.2, 0.25) is 0 Å². The molecular weight excluding hydrogens is 686 g/mol. The lowest BCUT2D eigenvalue weighted by molar-refractivity contribution is 0.0926. The smallest absolute Gasteiger partial charge is 0.266 e.